The SMILES string of the molecule is Cc1ccc(CNC(=O)[C@H](CCS(C)(C)I)NC(=O)OC(C)(C)C)c(C)c1. The summed E-state index contributed by atoms with van der Waals surface area (Å²) >= 11 is 2.43. The zero-order valence-electron chi connectivity index (χ0n) is 17.4. The Morgan fingerprint density at radius 2 is 1.85 bits per heavy atom. The van der Waals surface area contributed by atoms with Crippen LogP contribution in [0.25, 0.3) is 0 Å². The molecule has 7 heteroatoms. The van der Waals surface area contributed by atoms with Crippen molar-refractivity contribution in [2.75, 3.05) is 18.3 Å². The van der Waals surface area contributed by atoms with Gasteiger partial charge in [0.25, 0.3) is 0 Å². The molecule has 27 heavy (non-hydrogen) atoms. The van der Waals surface area contributed by atoms with Crippen molar-refractivity contribution >= 4 is 40.4 Å². The van der Waals surface area contributed by atoms with E-state index in [1.807, 2.05) is 26.0 Å². The highest BCUT2D eigenvalue weighted by Gasteiger charge is 2.25. The molecule has 2 amide bonds. The van der Waals surface area contributed by atoms with E-state index in [-0.39, 0.29) is 5.91 Å². The number of benzene rings is 1. The lowest BCUT2D eigenvalue weighted by atomic mass is 10.1. The van der Waals surface area contributed by atoms with Crippen LogP contribution in [-0.2, 0) is 16.1 Å². The van der Waals surface area contributed by atoms with Crippen molar-refractivity contribution < 1.29 is 14.3 Å². The zero-order chi connectivity index (χ0) is 20.8. The summed E-state index contributed by atoms with van der Waals surface area (Å²) in [6.45, 7) is 9.94. The normalized spacial score (nSPS) is 13.6. The average Bonchev–Trinajstić information content (AvgIpc) is 2.47. The Hall–Kier alpha value is -0.960. The Morgan fingerprint density at radius 1 is 1.22 bits per heavy atom. The molecule has 1 atom stereocenters. The van der Waals surface area contributed by atoms with Crippen molar-refractivity contribution in [3.8, 4) is 0 Å². The molecule has 0 aliphatic heterocycles. The first kappa shape index (κ1) is 24.1. The van der Waals surface area contributed by atoms with Crippen molar-refractivity contribution in [2.24, 2.45) is 0 Å². The van der Waals surface area contributed by atoms with Crippen molar-refractivity contribution in [3.63, 3.8) is 0 Å². The number of halogens is 1. The molecule has 0 unspecified atom stereocenters. The summed E-state index contributed by atoms with van der Waals surface area (Å²) in [5, 5.41) is 5.70. The summed E-state index contributed by atoms with van der Waals surface area (Å²) in [4.78, 5) is 24.9. The largest absolute Gasteiger partial charge is 0.444 e. The maximum atomic E-state index is 12.7. The molecule has 1 rings (SSSR count). The molecule has 0 bridgehead atoms. The lowest BCUT2D eigenvalue weighted by Gasteiger charge is -2.27. The van der Waals surface area contributed by atoms with Gasteiger partial charge in [-0.1, -0.05) is 23.8 Å². The van der Waals surface area contributed by atoms with Crippen LogP contribution in [0.1, 0.15) is 43.9 Å². The van der Waals surface area contributed by atoms with Crippen LogP contribution in [0.2, 0.25) is 0 Å². The molecular weight excluding hydrogens is 475 g/mol. The molecule has 1 aromatic rings. The Morgan fingerprint density at radius 3 is 2.37 bits per heavy atom. The van der Waals surface area contributed by atoms with Gasteiger partial charge in [-0.2, -0.15) is 7.20 Å². The fraction of sp³-hybridized carbons (Fsp3) is 0.600. The third-order valence-electron chi connectivity index (χ3n) is 3.85. The minimum Gasteiger partial charge on any atom is -0.444 e. The molecule has 5 nitrogen and oxygen atoms in total. The molecule has 1 aromatic carbocycles. The van der Waals surface area contributed by atoms with Crippen LogP contribution in [0.15, 0.2) is 18.2 Å². The van der Waals surface area contributed by atoms with Gasteiger partial charge in [-0.15, -0.1) is 0 Å². The highest BCUT2D eigenvalue weighted by molar-refractivity contribution is 14.2. The minimum absolute atomic E-state index is 0.180. The van der Waals surface area contributed by atoms with Gasteiger partial charge in [0.2, 0.25) is 5.91 Å². The standard InChI is InChI=1S/C20H33IN2O3S/c1-14-8-9-16(15(2)12-14)13-22-18(24)17(10-11-27(6,7)21)23-19(25)26-20(3,4)5/h8-9,12,17H,10-11,13H2,1-7H3,(H,22,24)(H,23,25)/t17-/m0/s1. The van der Waals surface area contributed by atoms with Crippen molar-refractivity contribution in [2.45, 2.75) is 59.2 Å². The quantitative estimate of drug-likeness (QED) is 0.529. The maximum absolute atomic E-state index is 12.7. The van der Waals surface area contributed by atoms with Gasteiger partial charge < -0.3 is 15.4 Å². The fourth-order valence-corrected chi connectivity index (χ4v) is 4.03. The second-order valence-corrected chi connectivity index (χ2v) is 18.6. The lowest BCUT2D eigenvalue weighted by Crippen LogP contribution is -2.48. The predicted molar refractivity (Wildman–Crippen MR) is 124 cm³/mol. The summed E-state index contributed by atoms with van der Waals surface area (Å²) in [7, 11) is -0.804. The Labute approximate surface area is 177 Å². The van der Waals surface area contributed by atoms with Gasteiger partial charge in [0.05, 0.1) is 0 Å². The van der Waals surface area contributed by atoms with Crippen LogP contribution in [0.4, 0.5) is 4.79 Å². The molecule has 154 valence electrons. The molecule has 0 spiro atoms. The van der Waals surface area contributed by atoms with Crippen LogP contribution in [0.5, 0.6) is 0 Å². The summed E-state index contributed by atoms with van der Waals surface area (Å²) in [6, 6.07) is 5.55. The van der Waals surface area contributed by atoms with Gasteiger partial charge in [0, 0.05) is 6.54 Å². The van der Waals surface area contributed by atoms with E-state index in [0.717, 1.165) is 16.9 Å². The number of hydrogen-bond acceptors (Lipinski definition) is 3. The molecular formula is C20H33IN2O3S. The monoisotopic (exact) mass is 508 g/mol. The van der Waals surface area contributed by atoms with Crippen LogP contribution < -0.4 is 10.6 Å². The van der Waals surface area contributed by atoms with Gasteiger partial charge in [0.15, 0.2) is 0 Å². The predicted octanol–water partition coefficient (Wildman–Crippen LogP) is 4.62. The number of carbonyl (C=O) groups excluding carboxylic acids is 2. The number of aryl methyl sites for hydroxylation is 2. The second-order valence-electron chi connectivity index (χ2n) is 8.24. The number of amides is 2. The first-order valence-corrected chi connectivity index (χ1v) is 14.2. The Kier molecular flexibility index (Phi) is 8.92. The number of ether oxygens (including phenoxy) is 1. The van der Waals surface area contributed by atoms with E-state index in [9.17, 15) is 9.59 Å². The Bertz CT molecular complexity index is 666. The van der Waals surface area contributed by atoms with Crippen molar-refractivity contribution in [1.82, 2.24) is 10.6 Å². The van der Waals surface area contributed by atoms with Crippen LogP contribution >= 0.6 is 28.4 Å². The van der Waals surface area contributed by atoms with Crippen LogP contribution in [0.3, 0.4) is 0 Å². The highest BCUT2D eigenvalue weighted by Crippen LogP contribution is 2.49. The second kappa shape index (κ2) is 10.0. The number of carbonyl (C=O) groups is 2. The van der Waals surface area contributed by atoms with E-state index < -0.39 is 24.9 Å². The number of hydrogen-bond donors (Lipinski definition) is 2. The van der Waals surface area contributed by atoms with E-state index in [4.69, 9.17) is 4.74 Å². The summed E-state index contributed by atoms with van der Waals surface area (Å²) in [6.07, 6.45) is 4.40. The molecule has 0 aliphatic rings. The number of rotatable bonds is 7. The Balaban J connectivity index is 2.77. The smallest absolute Gasteiger partial charge is 0.408 e. The van der Waals surface area contributed by atoms with Gasteiger partial charge in [-0.3, -0.25) is 4.79 Å². The van der Waals surface area contributed by atoms with Gasteiger partial charge in [-0.05, 0) is 91.6 Å². The van der Waals surface area contributed by atoms with Crippen molar-refractivity contribution in [3.05, 3.63) is 34.9 Å². The van der Waals surface area contributed by atoms with Crippen molar-refractivity contribution in [1.29, 1.82) is 0 Å². The minimum atomic E-state index is -0.804. The summed E-state index contributed by atoms with van der Waals surface area (Å²) in [5.41, 5.74) is 2.81. The molecule has 0 aliphatic carbocycles. The fourth-order valence-electron chi connectivity index (χ4n) is 2.47. The molecule has 0 saturated carbocycles. The first-order chi connectivity index (χ1) is 12.3. The topological polar surface area (TPSA) is 67.4 Å². The lowest BCUT2D eigenvalue weighted by molar-refractivity contribution is -0.123. The molecule has 0 aromatic heterocycles. The van der Waals surface area contributed by atoms with E-state index in [1.54, 1.807) is 20.8 Å². The molecule has 0 heterocycles. The van der Waals surface area contributed by atoms with Crippen LogP contribution in [0, 0.1) is 13.8 Å². The molecule has 2 N–H and O–H groups in total. The average molecular weight is 508 g/mol. The van der Waals surface area contributed by atoms with Gasteiger partial charge in [0.1, 0.15) is 11.6 Å². The van der Waals surface area contributed by atoms with E-state index >= 15 is 0 Å². The van der Waals surface area contributed by atoms with E-state index in [0.29, 0.717) is 13.0 Å². The zero-order valence-corrected chi connectivity index (χ0v) is 20.4. The van der Waals surface area contributed by atoms with Crippen LogP contribution in [-0.4, -0.2) is 41.9 Å². The molecule has 0 saturated heterocycles. The number of alkyl carbamates (subject to hydrolysis) is 1. The third-order valence-corrected chi connectivity index (χ3v) is 6.38. The summed E-state index contributed by atoms with van der Waals surface area (Å²) < 4.78 is 5.32. The van der Waals surface area contributed by atoms with Gasteiger partial charge >= 0.3 is 6.09 Å². The molecule has 0 fully saturated rings. The third kappa shape index (κ3) is 10.2. The van der Waals surface area contributed by atoms with E-state index in [2.05, 4.69) is 50.4 Å². The highest BCUT2D eigenvalue weighted by atomic mass is 127. The summed E-state index contributed by atoms with van der Waals surface area (Å²) in [5.74, 6) is 0.700. The molecule has 0 radical (unpaired) electrons. The maximum Gasteiger partial charge on any atom is 0.408 e. The first-order valence-electron chi connectivity index (χ1n) is 9.01. The van der Waals surface area contributed by atoms with Gasteiger partial charge in [-0.25, -0.2) is 4.79 Å². The number of nitrogens with one attached hydrogen (secondary N) is 2. The van der Waals surface area contributed by atoms with E-state index in [1.165, 1.54) is 5.56 Å².